The number of nitrogens with two attached hydrogens (primary N) is 1. The highest BCUT2D eigenvalue weighted by molar-refractivity contribution is 5.03. The monoisotopic (exact) mass is 257 g/mol. The van der Waals surface area contributed by atoms with E-state index in [-0.39, 0.29) is 0 Å². The minimum absolute atomic E-state index is 0.393. The molecular formula is C14H27NO3. The van der Waals surface area contributed by atoms with Crippen molar-refractivity contribution in [1.29, 1.82) is 0 Å². The van der Waals surface area contributed by atoms with Crippen molar-refractivity contribution in [2.45, 2.75) is 25.7 Å². The van der Waals surface area contributed by atoms with Gasteiger partial charge in [0.25, 0.3) is 0 Å². The van der Waals surface area contributed by atoms with Gasteiger partial charge in [0.1, 0.15) is 0 Å². The molecule has 2 N–H and O–H groups in total. The summed E-state index contributed by atoms with van der Waals surface area (Å²) >= 11 is 0. The summed E-state index contributed by atoms with van der Waals surface area (Å²) in [4.78, 5) is 0. The van der Waals surface area contributed by atoms with Crippen LogP contribution in [0.5, 0.6) is 0 Å². The second kappa shape index (κ2) is 6.85. The highest BCUT2D eigenvalue weighted by Crippen LogP contribution is 2.60. The van der Waals surface area contributed by atoms with Crippen LogP contribution in [-0.2, 0) is 14.2 Å². The lowest BCUT2D eigenvalue weighted by molar-refractivity contribution is 0.0164. The predicted molar refractivity (Wildman–Crippen MR) is 70.4 cm³/mol. The maximum Gasteiger partial charge on any atom is 0.0701 e. The molecule has 0 aliphatic heterocycles. The fourth-order valence-corrected chi connectivity index (χ4v) is 3.23. The van der Waals surface area contributed by atoms with E-state index in [1.54, 1.807) is 7.11 Å². The lowest BCUT2D eigenvalue weighted by atomic mass is 9.80. The van der Waals surface area contributed by atoms with Gasteiger partial charge in [-0.15, -0.1) is 0 Å². The van der Waals surface area contributed by atoms with E-state index < -0.39 is 0 Å². The van der Waals surface area contributed by atoms with Gasteiger partial charge in [0.15, 0.2) is 0 Å². The number of methoxy groups -OCH3 is 1. The van der Waals surface area contributed by atoms with Crippen molar-refractivity contribution >= 4 is 0 Å². The molecule has 106 valence electrons. The van der Waals surface area contributed by atoms with E-state index in [0.717, 1.165) is 31.4 Å². The summed E-state index contributed by atoms with van der Waals surface area (Å²) in [5, 5.41) is 0. The molecule has 2 unspecified atom stereocenters. The molecule has 18 heavy (non-hydrogen) atoms. The van der Waals surface area contributed by atoms with E-state index in [1.165, 1.54) is 19.3 Å². The van der Waals surface area contributed by atoms with Crippen LogP contribution >= 0.6 is 0 Å². The molecule has 0 saturated heterocycles. The average Bonchev–Trinajstić information content (AvgIpc) is 3.01. The number of hydrogen-bond donors (Lipinski definition) is 1. The van der Waals surface area contributed by atoms with Crippen LogP contribution in [0.2, 0.25) is 0 Å². The zero-order valence-corrected chi connectivity index (χ0v) is 11.5. The van der Waals surface area contributed by atoms with Crippen molar-refractivity contribution < 1.29 is 14.2 Å². The summed E-state index contributed by atoms with van der Waals surface area (Å²) in [6.07, 6.45) is 5.24. The van der Waals surface area contributed by atoms with Crippen LogP contribution in [0.3, 0.4) is 0 Å². The molecule has 0 heterocycles. The Morgan fingerprint density at radius 3 is 2.22 bits per heavy atom. The lowest BCUT2D eigenvalue weighted by Crippen LogP contribution is -2.30. The third kappa shape index (κ3) is 3.92. The Morgan fingerprint density at radius 2 is 1.61 bits per heavy atom. The van der Waals surface area contributed by atoms with Crippen LogP contribution in [0.25, 0.3) is 0 Å². The van der Waals surface area contributed by atoms with Gasteiger partial charge in [0.2, 0.25) is 0 Å². The number of rotatable bonds is 10. The third-order valence-corrected chi connectivity index (χ3v) is 4.47. The molecule has 0 aromatic heterocycles. The molecule has 0 aromatic carbocycles. The van der Waals surface area contributed by atoms with Gasteiger partial charge >= 0.3 is 0 Å². The average molecular weight is 257 g/mol. The summed E-state index contributed by atoms with van der Waals surface area (Å²) < 4.78 is 15.9. The summed E-state index contributed by atoms with van der Waals surface area (Å²) in [6.45, 7) is 4.29. The van der Waals surface area contributed by atoms with E-state index >= 15 is 0 Å². The molecule has 2 aliphatic rings. The fraction of sp³-hybridized carbons (Fsp3) is 1.00. The largest absolute Gasteiger partial charge is 0.382 e. The molecule has 4 nitrogen and oxygen atoms in total. The summed E-state index contributed by atoms with van der Waals surface area (Å²) in [6, 6.07) is 0. The fourth-order valence-electron chi connectivity index (χ4n) is 3.23. The molecule has 0 amide bonds. The Labute approximate surface area is 110 Å². The Bertz CT molecular complexity index is 237. The van der Waals surface area contributed by atoms with Crippen LogP contribution in [0.15, 0.2) is 0 Å². The van der Waals surface area contributed by atoms with Crippen LogP contribution < -0.4 is 5.73 Å². The summed E-state index contributed by atoms with van der Waals surface area (Å²) in [5.41, 5.74) is 6.35. The van der Waals surface area contributed by atoms with E-state index in [4.69, 9.17) is 19.9 Å². The molecule has 2 atom stereocenters. The quantitative estimate of drug-likeness (QED) is 0.602. The molecule has 0 aromatic rings. The first-order valence-electron chi connectivity index (χ1n) is 7.14. The van der Waals surface area contributed by atoms with Crippen molar-refractivity contribution in [3.05, 3.63) is 0 Å². The van der Waals surface area contributed by atoms with Crippen molar-refractivity contribution in [3.8, 4) is 0 Å². The van der Waals surface area contributed by atoms with E-state index in [9.17, 15) is 0 Å². The minimum Gasteiger partial charge on any atom is -0.382 e. The number of ether oxygens (including phenoxy) is 3. The second-order valence-corrected chi connectivity index (χ2v) is 5.84. The Morgan fingerprint density at radius 1 is 1.00 bits per heavy atom. The maximum atomic E-state index is 5.95. The van der Waals surface area contributed by atoms with E-state index in [2.05, 4.69) is 0 Å². The van der Waals surface area contributed by atoms with Crippen LogP contribution in [0, 0.1) is 17.3 Å². The van der Waals surface area contributed by atoms with Crippen LogP contribution in [0.4, 0.5) is 0 Å². The van der Waals surface area contributed by atoms with Crippen molar-refractivity contribution in [3.63, 3.8) is 0 Å². The molecule has 0 spiro atoms. The highest BCUT2D eigenvalue weighted by Gasteiger charge is 2.52. The Hall–Kier alpha value is -0.160. The molecule has 4 heteroatoms. The predicted octanol–water partition coefficient (Wildman–Crippen LogP) is 1.43. The van der Waals surface area contributed by atoms with Gasteiger partial charge in [0, 0.05) is 13.7 Å². The van der Waals surface area contributed by atoms with Gasteiger partial charge in [-0.05, 0) is 49.5 Å². The van der Waals surface area contributed by atoms with Gasteiger partial charge < -0.3 is 19.9 Å². The van der Waals surface area contributed by atoms with Gasteiger partial charge in [-0.25, -0.2) is 0 Å². The lowest BCUT2D eigenvalue weighted by Gasteiger charge is -2.29. The number of hydrogen-bond acceptors (Lipinski definition) is 4. The Kier molecular flexibility index (Phi) is 5.42. The summed E-state index contributed by atoms with van der Waals surface area (Å²) in [7, 11) is 1.68. The standard InChI is InChI=1S/C14H27NO3/c1-16-4-5-18-7-6-17-3-2-14(11-15)9-12-8-13(12)10-14/h12-13H,2-11,15H2,1H3. The molecule has 2 fully saturated rings. The molecule has 2 rings (SSSR count). The SMILES string of the molecule is COCCOCCOCCC1(CN)CC2CC2C1. The van der Waals surface area contributed by atoms with Crippen molar-refractivity contribution in [2.24, 2.45) is 23.0 Å². The van der Waals surface area contributed by atoms with Crippen LogP contribution in [0.1, 0.15) is 25.7 Å². The molecule has 2 aliphatic carbocycles. The second-order valence-electron chi connectivity index (χ2n) is 5.84. The number of fused-ring (bicyclic) bond motifs is 1. The molecular weight excluding hydrogens is 230 g/mol. The molecule has 2 saturated carbocycles. The van der Waals surface area contributed by atoms with E-state index in [0.29, 0.717) is 31.8 Å². The topological polar surface area (TPSA) is 53.7 Å². The molecule has 0 bridgehead atoms. The van der Waals surface area contributed by atoms with Gasteiger partial charge in [0.05, 0.1) is 26.4 Å². The van der Waals surface area contributed by atoms with Gasteiger partial charge in [-0.3, -0.25) is 0 Å². The van der Waals surface area contributed by atoms with Crippen LogP contribution in [-0.4, -0.2) is 46.7 Å². The Balaban J connectivity index is 1.47. The smallest absolute Gasteiger partial charge is 0.0701 e. The first-order chi connectivity index (χ1) is 8.79. The minimum atomic E-state index is 0.393. The normalized spacial score (nSPS) is 33.7. The van der Waals surface area contributed by atoms with Gasteiger partial charge in [-0.2, -0.15) is 0 Å². The molecule has 0 radical (unpaired) electrons. The summed E-state index contributed by atoms with van der Waals surface area (Å²) in [5.74, 6) is 1.98. The first kappa shape index (κ1) is 14.3. The van der Waals surface area contributed by atoms with Crippen molar-refractivity contribution in [2.75, 3.05) is 46.7 Å². The zero-order valence-electron chi connectivity index (χ0n) is 11.5. The third-order valence-electron chi connectivity index (χ3n) is 4.47. The van der Waals surface area contributed by atoms with Crippen molar-refractivity contribution in [1.82, 2.24) is 0 Å². The van der Waals surface area contributed by atoms with E-state index in [1.807, 2.05) is 0 Å². The zero-order chi connectivity index (χ0) is 12.8. The highest BCUT2D eigenvalue weighted by atomic mass is 16.5. The first-order valence-corrected chi connectivity index (χ1v) is 7.14. The van der Waals surface area contributed by atoms with Gasteiger partial charge in [-0.1, -0.05) is 0 Å². The maximum absolute atomic E-state index is 5.95.